The average molecular weight is 203 g/mol. The van der Waals surface area contributed by atoms with Gasteiger partial charge >= 0.3 is 0 Å². The van der Waals surface area contributed by atoms with Gasteiger partial charge in [0.25, 0.3) is 0 Å². The van der Waals surface area contributed by atoms with Gasteiger partial charge in [-0.1, -0.05) is 39.5 Å². The van der Waals surface area contributed by atoms with E-state index in [1.54, 1.807) is 0 Å². The Hall–Kier alpha value is 0.290. The molecule has 78 valence electrons. The van der Waals surface area contributed by atoms with Crippen molar-refractivity contribution in [1.29, 1.82) is 0 Å². The SMILES string of the molecule is CCC(CC)CC1(CCl)CCCC1. The van der Waals surface area contributed by atoms with Crippen molar-refractivity contribution in [1.82, 2.24) is 0 Å². The first-order valence-electron chi connectivity index (χ1n) is 5.82. The molecule has 1 heteroatoms. The Labute approximate surface area is 88.1 Å². The zero-order valence-electron chi connectivity index (χ0n) is 9.11. The molecule has 0 saturated heterocycles. The summed E-state index contributed by atoms with van der Waals surface area (Å²) in [5, 5.41) is 0. The van der Waals surface area contributed by atoms with Gasteiger partial charge in [0.15, 0.2) is 0 Å². The molecule has 0 radical (unpaired) electrons. The van der Waals surface area contributed by atoms with Crippen LogP contribution in [0, 0.1) is 11.3 Å². The molecule has 1 aliphatic carbocycles. The quantitative estimate of drug-likeness (QED) is 0.571. The van der Waals surface area contributed by atoms with Gasteiger partial charge in [0.2, 0.25) is 0 Å². The normalized spacial score (nSPS) is 21.2. The van der Waals surface area contributed by atoms with E-state index in [0.717, 1.165) is 11.8 Å². The van der Waals surface area contributed by atoms with Crippen LogP contribution in [-0.2, 0) is 0 Å². The van der Waals surface area contributed by atoms with Gasteiger partial charge in [-0.25, -0.2) is 0 Å². The standard InChI is InChI=1S/C12H23Cl/c1-3-11(4-2)9-12(10-13)7-5-6-8-12/h11H,3-10H2,1-2H3. The molecule has 0 bridgehead atoms. The average Bonchev–Trinajstić information content (AvgIpc) is 2.63. The Bertz CT molecular complexity index is 132. The Kier molecular flexibility index (Phi) is 4.58. The summed E-state index contributed by atoms with van der Waals surface area (Å²) < 4.78 is 0. The van der Waals surface area contributed by atoms with Crippen LogP contribution in [0.4, 0.5) is 0 Å². The van der Waals surface area contributed by atoms with Crippen molar-refractivity contribution in [3.05, 3.63) is 0 Å². The lowest BCUT2D eigenvalue weighted by molar-refractivity contribution is 0.242. The maximum absolute atomic E-state index is 6.12. The fourth-order valence-corrected chi connectivity index (χ4v) is 3.08. The number of alkyl halides is 1. The Morgan fingerprint density at radius 1 is 1.15 bits per heavy atom. The smallest absolute Gasteiger partial charge is 0.0280 e. The minimum atomic E-state index is 0.526. The fourth-order valence-electron chi connectivity index (χ4n) is 2.71. The molecule has 0 spiro atoms. The summed E-state index contributed by atoms with van der Waals surface area (Å²) in [6, 6.07) is 0. The summed E-state index contributed by atoms with van der Waals surface area (Å²) in [7, 11) is 0. The van der Waals surface area contributed by atoms with E-state index >= 15 is 0 Å². The first-order valence-corrected chi connectivity index (χ1v) is 6.35. The van der Waals surface area contributed by atoms with Crippen molar-refractivity contribution in [2.75, 3.05) is 5.88 Å². The fraction of sp³-hybridized carbons (Fsp3) is 1.00. The molecule has 1 aliphatic rings. The first kappa shape index (κ1) is 11.4. The summed E-state index contributed by atoms with van der Waals surface area (Å²) in [6.45, 7) is 4.62. The Morgan fingerprint density at radius 2 is 1.69 bits per heavy atom. The van der Waals surface area contributed by atoms with Gasteiger partial charge < -0.3 is 0 Å². The van der Waals surface area contributed by atoms with E-state index in [0.29, 0.717) is 5.41 Å². The topological polar surface area (TPSA) is 0 Å². The van der Waals surface area contributed by atoms with Crippen molar-refractivity contribution in [2.45, 2.75) is 58.8 Å². The number of hydrogen-bond donors (Lipinski definition) is 0. The zero-order chi connectivity index (χ0) is 9.73. The molecule has 0 aliphatic heterocycles. The molecule has 0 aromatic rings. The lowest BCUT2D eigenvalue weighted by Gasteiger charge is -2.30. The molecule has 13 heavy (non-hydrogen) atoms. The van der Waals surface area contributed by atoms with Gasteiger partial charge in [0.05, 0.1) is 0 Å². The van der Waals surface area contributed by atoms with Gasteiger partial charge in [-0.3, -0.25) is 0 Å². The van der Waals surface area contributed by atoms with E-state index in [9.17, 15) is 0 Å². The second-order valence-electron chi connectivity index (χ2n) is 4.73. The highest BCUT2D eigenvalue weighted by Crippen LogP contribution is 2.45. The van der Waals surface area contributed by atoms with E-state index < -0.39 is 0 Å². The van der Waals surface area contributed by atoms with Crippen LogP contribution >= 0.6 is 11.6 Å². The Balaban J connectivity index is 2.46. The first-order chi connectivity index (χ1) is 6.26. The highest BCUT2D eigenvalue weighted by atomic mass is 35.5. The molecular weight excluding hydrogens is 180 g/mol. The van der Waals surface area contributed by atoms with Crippen molar-refractivity contribution in [3.8, 4) is 0 Å². The number of halogens is 1. The van der Waals surface area contributed by atoms with Crippen LogP contribution in [0.25, 0.3) is 0 Å². The molecule has 0 atom stereocenters. The van der Waals surface area contributed by atoms with Gasteiger partial charge in [-0.2, -0.15) is 0 Å². The third kappa shape index (κ3) is 2.87. The van der Waals surface area contributed by atoms with Crippen molar-refractivity contribution in [3.63, 3.8) is 0 Å². The highest BCUT2D eigenvalue weighted by Gasteiger charge is 2.34. The summed E-state index contributed by atoms with van der Waals surface area (Å²) in [5.74, 6) is 1.81. The molecule has 0 N–H and O–H groups in total. The van der Waals surface area contributed by atoms with Crippen LogP contribution in [-0.4, -0.2) is 5.88 Å². The largest absolute Gasteiger partial charge is 0.126 e. The third-order valence-electron chi connectivity index (χ3n) is 3.82. The van der Waals surface area contributed by atoms with Crippen LogP contribution in [0.3, 0.4) is 0 Å². The van der Waals surface area contributed by atoms with Gasteiger partial charge in [-0.05, 0) is 30.6 Å². The van der Waals surface area contributed by atoms with E-state index in [2.05, 4.69) is 13.8 Å². The van der Waals surface area contributed by atoms with Crippen LogP contribution in [0.15, 0.2) is 0 Å². The molecule has 0 aromatic heterocycles. The summed E-state index contributed by atoms with van der Waals surface area (Å²) in [4.78, 5) is 0. The van der Waals surface area contributed by atoms with E-state index in [-0.39, 0.29) is 0 Å². The monoisotopic (exact) mass is 202 g/mol. The summed E-state index contributed by atoms with van der Waals surface area (Å²) in [6.07, 6.45) is 9.62. The maximum atomic E-state index is 6.12. The van der Waals surface area contributed by atoms with Gasteiger partial charge in [0, 0.05) is 5.88 Å². The van der Waals surface area contributed by atoms with E-state index in [4.69, 9.17) is 11.6 Å². The lowest BCUT2D eigenvalue weighted by Crippen LogP contribution is -2.22. The predicted molar refractivity (Wildman–Crippen MR) is 60.3 cm³/mol. The van der Waals surface area contributed by atoms with Crippen molar-refractivity contribution in [2.24, 2.45) is 11.3 Å². The summed E-state index contributed by atoms with van der Waals surface area (Å²) >= 11 is 6.12. The second-order valence-corrected chi connectivity index (χ2v) is 4.99. The molecule has 0 unspecified atom stereocenters. The lowest BCUT2D eigenvalue weighted by atomic mass is 9.78. The Morgan fingerprint density at radius 3 is 2.08 bits per heavy atom. The van der Waals surface area contributed by atoms with Crippen LogP contribution in [0.1, 0.15) is 58.8 Å². The molecule has 0 aromatic carbocycles. The van der Waals surface area contributed by atoms with E-state index in [1.807, 2.05) is 0 Å². The predicted octanol–water partition coefficient (Wildman–Crippen LogP) is 4.61. The molecule has 0 nitrogen and oxygen atoms in total. The molecule has 0 heterocycles. The van der Waals surface area contributed by atoms with Gasteiger partial charge in [0.1, 0.15) is 0 Å². The van der Waals surface area contributed by atoms with Crippen LogP contribution < -0.4 is 0 Å². The van der Waals surface area contributed by atoms with Crippen LogP contribution in [0.5, 0.6) is 0 Å². The molecule has 1 fully saturated rings. The maximum Gasteiger partial charge on any atom is 0.0280 e. The molecule has 0 amide bonds. The van der Waals surface area contributed by atoms with E-state index in [1.165, 1.54) is 44.9 Å². The van der Waals surface area contributed by atoms with Crippen LogP contribution in [0.2, 0.25) is 0 Å². The second kappa shape index (κ2) is 5.24. The molecular formula is C12H23Cl. The summed E-state index contributed by atoms with van der Waals surface area (Å²) in [5.41, 5.74) is 0.526. The van der Waals surface area contributed by atoms with Crippen molar-refractivity contribution < 1.29 is 0 Å². The molecule has 1 rings (SSSR count). The minimum Gasteiger partial charge on any atom is -0.126 e. The zero-order valence-corrected chi connectivity index (χ0v) is 9.87. The minimum absolute atomic E-state index is 0.526. The number of rotatable bonds is 5. The number of hydrogen-bond acceptors (Lipinski definition) is 0. The van der Waals surface area contributed by atoms with Gasteiger partial charge in [-0.15, -0.1) is 11.6 Å². The van der Waals surface area contributed by atoms with Crippen molar-refractivity contribution >= 4 is 11.6 Å². The highest BCUT2D eigenvalue weighted by molar-refractivity contribution is 6.18. The molecule has 1 saturated carbocycles. The third-order valence-corrected chi connectivity index (χ3v) is 4.39.